The van der Waals surface area contributed by atoms with Gasteiger partial charge >= 0.3 is 16.4 Å². The van der Waals surface area contributed by atoms with Crippen LogP contribution < -0.4 is 5.73 Å². The molecule has 0 saturated carbocycles. The molecule has 0 aromatic heterocycles. The van der Waals surface area contributed by atoms with Gasteiger partial charge in [-0.2, -0.15) is 12.0 Å². The van der Waals surface area contributed by atoms with Gasteiger partial charge in [-0.25, -0.2) is 0 Å². The van der Waals surface area contributed by atoms with Crippen LogP contribution >= 0.6 is 12.0 Å². The molecule has 1 unspecified atom stereocenters. The minimum atomic E-state index is -4.53. The summed E-state index contributed by atoms with van der Waals surface area (Å²) in [6.45, 7) is 0. The van der Waals surface area contributed by atoms with E-state index in [9.17, 15) is 13.2 Å². The first kappa shape index (κ1) is 11.6. The lowest BCUT2D eigenvalue weighted by atomic mass is 10.4. The molecule has 12 heavy (non-hydrogen) atoms. The molecule has 1 atom stereocenters. The molecule has 7 nitrogen and oxygen atoms in total. The standard InChI is InChI=1S/C3H7NO6S2/c4-2(3(5)6)1-11-10-12(7,8)9/h2H,1,4H2,(H,5,6)(H,7,8,9). The van der Waals surface area contributed by atoms with Crippen LogP contribution in [-0.2, 0) is 18.8 Å². The van der Waals surface area contributed by atoms with E-state index in [1.165, 1.54) is 0 Å². The molecular weight excluding hydrogens is 210 g/mol. The van der Waals surface area contributed by atoms with Gasteiger partial charge in [-0.1, -0.05) is 0 Å². The van der Waals surface area contributed by atoms with Gasteiger partial charge in [0.1, 0.15) is 6.04 Å². The maximum Gasteiger partial charge on any atom is 0.408 e. The van der Waals surface area contributed by atoms with Gasteiger partial charge in [0.2, 0.25) is 0 Å². The molecule has 0 fully saturated rings. The van der Waals surface area contributed by atoms with Crippen LogP contribution in [0.2, 0.25) is 0 Å². The molecule has 9 heteroatoms. The van der Waals surface area contributed by atoms with Crippen LogP contribution in [0.25, 0.3) is 0 Å². The van der Waals surface area contributed by atoms with E-state index in [1.807, 2.05) is 0 Å². The molecule has 0 aliphatic carbocycles. The highest BCUT2D eigenvalue weighted by Crippen LogP contribution is 2.07. The Balaban J connectivity index is 3.65. The van der Waals surface area contributed by atoms with E-state index in [0.29, 0.717) is 0 Å². The average molecular weight is 217 g/mol. The maximum atomic E-state index is 10.0. The number of carboxylic acids is 1. The van der Waals surface area contributed by atoms with Crippen molar-refractivity contribution >= 4 is 28.4 Å². The van der Waals surface area contributed by atoms with Gasteiger partial charge in [-0.3, -0.25) is 9.35 Å². The zero-order valence-electron chi connectivity index (χ0n) is 5.71. The second-order valence-corrected chi connectivity index (χ2v) is 3.69. The predicted molar refractivity (Wildman–Crippen MR) is 40.7 cm³/mol. The molecule has 72 valence electrons. The quantitative estimate of drug-likeness (QED) is 0.390. The highest BCUT2D eigenvalue weighted by atomic mass is 32.3. The first-order valence-corrected chi connectivity index (χ1v) is 4.87. The molecule has 0 spiro atoms. The topological polar surface area (TPSA) is 127 Å². The van der Waals surface area contributed by atoms with Crippen molar-refractivity contribution in [3.8, 4) is 0 Å². The van der Waals surface area contributed by atoms with Crippen LogP contribution in [-0.4, -0.2) is 35.8 Å². The van der Waals surface area contributed by atoms with E-state index >= 15 is 0 Å². The van der Waals surface area contributed by atoms with Crippen LogP contribution in [0, 0.1) is 0 Å². The summed E-state index contributed by atoms with van der Waals surface area (Å²) in [5, 5.41) is 8.21. The minimum Gasteiger partial charge on any atom is -0.480 e. The predicted octanol–water partition coefficient (Wildman–Crippen LogP) is -1.13. The molecule has 4 N–H and O–H groups in total. The molecule has 0 aliphatic rings. The van der Waals surface area contributed by atoms with Crippen molar-refractivity contribution in [1.29, 1.82) is 0 Å². The van der Waals surface area contributed by atoms with Gasteiger partial charge in [0.15, 0.2) is 0 Å². The van der Waals surface area contributed by atoms with Crippen LogP contribution in [0.1, 0.15) is 0 Å². The molecule has 0 rings (SSSR count). The van der Waals surface area contributed by atoms with E-state index in [1.54, 1.807) is 0 Å². The summed E-state index contributed by atoms with van der Waals surface area (Å²) in [5.41, 5.74) is 4.97. The molecule has 0 saturated heterocycles. The maximum absolute atomic E-state index is 10.0. The van der Waals surface area contributed by atoms with Crippen LogP contribution in [0.4, 0.5) is 0 Å². The van der Waals surface area contributed by atoms with E-state index in [-0.39, 0.29) is 17.8 Å². The summed E-state index contributed by atoms with van der Waals surface area (Å²) in [6.07, 6.45) is 0. The number of nitrogens with two attached hydrogens (primary N) is 1. The van der Waals surface area contributed by atoms with Gasteiger partial charge in [0, 0.05) is 17.8 Å². The van der Waals surface area contributed by atoms with Gasteiger partial charge in [-0.15, -0.1) is 0 Å². The minimum absolute atomic E-state index is 0.253. The number of carbonyl (C=O) groups is 1. The van der Waals surface area contributed by atoms with Gasteiger partial charge in [-0.05, 0) is 0 Å². The lowest BCUT2D eigenvalue weighted by Gasteiger charge is -2.02. The van der Waals surface area contributed by atoms with Crippen LogP contribution in [0.15, 0.2) is 0 Å². The molecular formula is C3H7NO6S2. The third-order valence-electron chi connectivity index (χ3n) is 0.699. The highest BCUT2D eigenvalue weighted by molar-refractivity contribution is 8.02. The van der Waals surface area contributed by atoms with E-state index in [4.69, 9.17) is 15.4 Å². The number of hydrogen-bond donors (Lipinski definition) is 3. The fraction of sp³-hybridized carbons (Fsp3) is 0.667. The molecule has 0 aliphatic heterocycles. The normalized spacial score (nSPS) is 14.2. The Morgan fingerprint density at radius 1 is 1.67 bits per heavy atom. The molecule has 0 heterocycles. The fourth-order valence-electron chi connectivity index (χ4n) is 0.233. The smallest absolute Gasteiger partial charge is 0.408 e. The van der Waals surface area contributed by atoms with Crippen LogP contribution in [0.5, 0.6) is 0 Å². The fourth-order valence-corrected chi connectivity index (χ4v) is 1.23. The summed E-state index contributed by atoms with van der Waals surface area (Å²) < 4.78 is 31.6. The third kappa shape index (κ3) is 6.37. The van der Waals surface area contributed by atoms with Gasteiger partial charge in [0.25, 0.3) is 0 Å². The zero-order chi connectivity index (χ0) is 9.78. The molecule has 0 bridgehead atoms. The van der Waals surface area contributed by atoms with Crippen molar-refractivity contribution in [3.05, 3.63) is 0 Å². The molecule has 0 aromatic carbocycles. The zero-order valence-corrected chi connectivity index (χ0v) is 7.34. The van der Waals surface area contributed by atoms with Crippen molar-refractivity contribution in [2.75, 3.05) is 5.75 Å². The molecule has 0 aromatic rings. The van der Waals surface area contributed by atoms with E-state index < -0.39 is 22.4 Å². The number of aliphatic carboxylic acids is 1. The molecule has 0 amide bonds. The van der Waals surface area contributed by atoms with Crippen LogP contribution in [0.3, 0.4) is 0 Å². The first-order valence-electron chi connectivity index (χ1n) is 2.60. The van der Waals surface area contributed by atoms with Gasteiger partial charge < -0.3 is 10.8 Å². The Morgan fingerprint density at radius 3 is 2.50 bits per heavy atom. The summed E-state index contributed by atoms with van der Waals surface area (Å²) in [5.74, 6) is -1.55. The van der Waals surface area contributed by atoms with Crippen molar-refractivity contribution < 1.29 is 26.5 Å². The van der Waals surface area contributed by atoms with Crippen molar-refractivity contribution in [2.45, 2.75) is 6.04 Å². The van der Waals surface area contributed by atoms with Gasteiger partial charge in [0.05, 0.1) is 0 Å². The van der Waals surface area contributed by atoms with E-state index in [0.717, 1.165) is 0 Å². The Morgan fingerprint density at radius 2 is 2.17 bits per heavy atom. The SMILES string of the molecule is NC(CSOS(=O)(=O)O)C(=O)O. The lowest BCUT2D eigenvalue weighted by Crippen LogP contribution is -2.32. The Hall–Kier alpha value is -0.350. The molecule has 0 radical (unpaired) electrons. The van der Waals surface area contributed by atoms with Crippen molar-refractivity contribution in [2.24, 2.45) is 5.73 Å². The number of carboxylic acid groups (broad SMARTS) is 1. The largest absolute Gasteiger partial charge is 0.480 e. The average Bonchev–Trinajstić information content (AvgIpc) is 1.84. The summed E-state index contributed by atoms with van der Waals surface area (Å²) in [4.78, 5) is 10.0. The number of rotatable bonds is 5. The monoisotopic (exact) mass is 217 g/mol. The Bertz CT molecular complexity index is 248. The van der Waals surface area contributed by atoms with Crippen molar-refractivity contribution in [3.63, 3.8) is 0 Å². The first-order chi connectivity index (χ1) is 5.33. The second-order valence-electron chi connectivity index (χ2n) is 1.73. The summed E-state index contributed by atoms with van der Waals surface area (Å²) >= 11 is 0.253. The number of hydrogen-bond acceptors (Lipinski definition) is 6. The van der Waals surface area contributed by atoms with E-state index in [2.05, 4.69) is 3.63 Å². The summed E-state index contributed by atoms with van der Waals surface area (Å²) in [6, 6.07) is -1.23. The highest BCUT2D eigenvalue weighted by Gasteiger charge is 2.14. The Labute approximate surface area is 73.0 Å². The lowest BCUT2D eigenvalue weighted by molar-refractivity contribution is -0.137. The second kappa shape index (κ2) is 4.62. The third-order valence-corrected chi connectivity index (χ3v) is 2.27. The Kier molecular flexibility index (Phi) is 4.49. The van der Waals surface area contributed by atoms with Crippen molar-refractivity contribution in [1.82, 2.24) is 0 Å². The summed E-state index contributed by atoms with van der Waals surface area (Å²) in [7, 11) is -4.53.